The van der Waals surface area contributed by atoms with E-state index in [1.165, 1.54) is 4.88 Å². The van der Waals surface area contributed by atoms with Crippen LogP contribution in [-0.2, 0) is 11.3 Å². The monoisotopic (exact) mass is 383 g/mol. The zero-order valence-corrected chi connectivity index (χ0v) is 15.9. The fraction of sp³-hybridized carbons (Fsp3) is 0.500. The number of carbonyl (C=O) groups excluding carboxylic acids is 1. The van der Waals surface area contributed by atoms with Gasteiger partial charge in [-0.25, -0.2) is 0 Å². The molecule has 7 heteroatoms. The van der Waals surface area contributed by atoms with Gasteiger partial charge in [0.05, 0.1) is 12.6 Å². The average Bonchev–Trinajstić information content (AvgIpc) is 3.27. The van der Waals surface area contributed by atoms with Gasteiger partial charge in [-0.3, -0.25) is 4.79 Å². The van der Waals surface area contributed by atoms with Gasteiger partial charge in [0.1, 0.15) is 5.69 Å². The molecule has 1 amide bonds. The highest BCUT2D eigenvalue weighted by Crippen LogP contribution is 2.18. The fourth-order valence-electron chi connectivity index (χ4n) is 3.04. The molecule has 0 aromatic carbocycles. The van der Waals surface area contributed by atoms with Crippen LogP contribution in [0.4, 0.5) is 0 Å². The number of ether oxygens (including phenoxy) is 1. The normalized spacial score (nSPS) is 15.2. The molecular weight excluding hydrogens is 358 g/mol. The molecule has 1 aliphatic heterocycles. The van der Waals surface area contributed by atoms with Crippen LogP contribution >= 0.6 is 23.7 Å². The third-order valence-corrected chi connectivity index (χ3v) is 5.25. The van der Waals surface area contributed by atoms with E-state index in [1.54, 1.807) is 11.3 Å². The summed E-state index contributed by atoms with van der Waals surface area (Å²) in [7, 11) is 0. The van der Waals surface area contributed by atoms with Crippen LogP contribution in [0.5, 0.6) is 0 Å². The number of piperidine rings is 1. The Hall–Kier alpha value is -1.34. The number of rotatable bonds is 7. The van der Waals surface area contributed by atoms with Gasteiger partial charge in [-0.05, 0) is 49.4 Å². The molecule has 1 fully saturated rings. The number of nitrogens with two attached hydrogens (primary N) is 1. The van der Waals surface area contributed by atoms with Gasteiger partial charge >= 0.3 is 0 Å². The molecule has 0 bridgehead atoms. The Morgan fingerprint density at radius 1 is 1.28 bits per heavy atom. The summed E-state index contributed by atoms with van der Waals surface area (Å²) >= 11 is 1.72. The second-order valence-electron chi connectivity index (χ2n) is 6.11. The van der Waals surface area contributed by atoms with Crippen LogP contribution in [0.3, 0.4) is 0 Å². The standard InChI is InChI=1S/C18H25N3O2S.ClH/c19-8-3-12-23-15-6-10-20(11-7-15)18(22)17-5-1-9-21(17)14-16-4-2-13-24-16;/h1-2,4-5,9,13,15H,3,6-8,10-12,14,19H2;1H. The Balaban J connectivity index is 0.00000225. The highest BCUT2D eigenvalue weighted by atomic mass is 35.5. The van der Waals surface area contributed by atoms with E-state index in [-0.39, 0.29) is 24.4 Å². The van der Waals surface area contributed by atoms with E-state index in [0.29, 0.717) is 6.54 Å². The number of hydrogen-bond donors (Lipinski definition) is 1. The maximum Gasteiger partial charge on any atom is 0.270 e. The van der Waals surface area contributed by atoms with Crippen molar-refractivity contribution in [2.24, 2.45) is 5.73 Å². The van der Waals surface area contributed by atoms with Crippen molar-refractivity contribution >= 4 is 29.7 Å². The van der Waals surface area contributed by atoms with Gasteiger partial charge in [0.25, 0.3) is 5.91 Å². The van der Waals surface area contributed by atoms with Crippen molar-refractivity contribution in [3.63, 3.8) is 0 Å². The van der Waals surface area contributed by atoms with Crippen molar-refractivity contribution in [1.82, 2.24) is 9.47 Å². The highest BCUT2D eigenvalue weighted by molar-refractivity contribution is 7.09. The summed E-state index contributed by atoms with van der Waals surface area (Å²) in [5, 5.41) is 2.07. The third-order valence-electron chi connectivity index (χ3n) is 4.39. The average molecular weight is 384 g/mol. The lowest BCUT2D eigenvalue weighted by Gasteiger charge is -2.32. The maximum atomic E-state index is 12.8. The van der Waals surface area contributed by atoms with Crippen LogP contribution < -0.4 is 5.73 Å². The summed E-state index contributed by atoms with van der Waals surface area (Å²) in [6.45, 7) is 3.66. The molecule has 1 saturated heterocycles. The van der Waals surface area contributed by atoms with Crippen LogP contribution in [0.1, 0.15) is 34.6 Å². The summed E-state index contributed by atoms with van der Waals surface area (Å²) in [4.78, 5) is 16.0. The molecule has 3 rings (SSSR count). The third kappa shape index (κ3) is 5.31. The first-order chi connectivity index (χ1) is 11.8. The topological polar surface area (TPSA) is 60.5 Å². The van der Waals surface area contributed by atoms with Crippen LogP contribution in [0.15, 0.2) is 35.8 Å². The molecule has 2 N–H and O–H groups in total. The minimum Gasteiger partial charge on any atom is -0.378 e. The van der Waals surface area contributed by atoms with E-state index >= 15 is 0 Å². The lowest BCUT2D eigenvalue weighted by Crippen LogP contribution is -2.41. The second kappa shape index (κ2) is 9.97. The van der Waals surface area contributed by atoms with Gasteiger partial charge in [0, 0.05) is 30.8 Å². The van der Waals surface area contributed by atoms with Gasteiger partial charge in [-0.1, -0.05) is 6.07 Å². The lowest BCUT2D eigenvalue weighted by molar-refractivity contribution is 0.00818. The summed E-state index contributed by atoms with van der Waals surface area (Å²) in [5.74, 6) is 0.122. The van der Waals surface area contributed by atoms with Crippen LogP contribution in [0, 0.1) is 0 Å². The molecule has 5 nitrogen and oxygen atoms in total. The van der Waals surface area contributed by atoms with Crippen LogP contribution in [0.25, 0.3) is 0 Å². The number of aromatic nitrogens is 1. The number of likely N-dealkylation sites (tertiary alicyclic amines) is 1. The molecule has 0 radical (unpaired) electrons. The van der Waals surface area contributed by atoms with Crippen molar-refractivity contribution in [2.45, 2.75) is 31.9 Å². The Morgan fingerprint density at radius 3 is 2.76 bits per heavy atom. The molecule has 1 aliphatic rings. The van der Waals surface area contributed by atoms with E-state index < -0.39 is 0 Å². The number of amides is 1. The first-order valence-electron chi connectivity index (χ1n) is 8.56. The Morgan fingerprint density at radius 2 is 2.08 bits per heavy atom. The summed E-state index contributed by atoms with van der Waals surface area (Å²) in [6, 6.07) is 8.01. The first-order valence-corrected chi connectivity index (χ1v) is 9.44. The molecule has 25 heavy (non-hydrogen) atoms. The van der Waals surface area contributed by atoms with Gasteiger partial charge in [-0.2, -0.15) is 0 Å². The molecule has 3 heterocycles. The van der Waals surface area contributed by atoms with E-state index in [0.717, 1.165) is 51.2 Å². The smallest absolute Gasteiger partial charge is 0.270 e. The fourth-order valence-corrected chi connectivity index (χ4v) is 3.74. The Kier molecular flexibility index (Phi) is 7.96. The lowest BCUT2D eigenvalue weighted by atomic mass is 10.1. The molecular formula is C18H26ClN3O2S. The second-order valence-corrected chi connectivity index (χ2v) is 7.14. The summed E-state index contributed by atoms with van der Waals surface area (Å²) < 4.78 is 7.85. The molecule has 0 spiro atoms. The van der Waals surface area contributed by atoms with Gasteiger partial charge in [-0.15, -0.1) is 23.7 Å². The zero-order chi connectivity index (χ0) is 16.8. The SMILES string of the molecule is Cl.NCCCOC1CCN(C(=O)c2cccn2Cc2cccs2)CC1. The van der Waals surface area contributed by atoms with E-state index in [9.17, 15) is 4.79 Å². The number of nitrogens with zero attached hydrogens (tertiary/aromatic N) is 2. The predicted molar refractivity (Wildman–Crippen MR) is 104 cm³/mol. The highest BCUT2D eigenvalue weighted by Gasteiger charge is 2.25. The van der Waals surface area contributed by atoms with E-state index in [2.05, 4.69) is 11.4 Å². The number of halogens is 1. The summed E-state index contributed by atoms with van der Waals surface area (Å²) in [5.41, 5.74) is 6.26. The van der Waals surface area contributed by atoms with Crippen LogP contribution in [-0.4, -0.2) is 47.7 Å². The Labute approximate surface area is 159 Å². The van der Waals surface area contributed by atoms with Crippen molar-refractivity contribution in [1.29, 1.82) is 0 Å². The molecule has 2 aromatic rings. The molecule has 2 aromatic heterocycles. The largest absolute Gasteiger partial charge is 0.378 e. The zero-order valence-electron chi connectivity index (χ0n) is 14.3. The van der Waals surface area contributed by atoms with Crippen molar-refractivity contribution < 1.29 is 9.53 Å². The molecule has 0 unspecified atom stereocenters. The summed E-state index contributed by atoms with van der Waals surface area (Å²) in [6.07, 6.45) is 4.95. The molecule has 0 saturated carbocycles. The predicted octanol–water partition coefficient (Wildman–Crippen LogP) is 2.99. The minimum absolute atomic E-state index is 0. The molecule has 0 atom stereocenters. The molecule has 0 aliphatic carbocycles. The van der Waals surface area contributed by atoms with E-state index in [1.807, 2.05) is 33.9 Å². The quantitative estimate of drug-likeness (QED) is 0.747. The van der Waals surface area contributed by atoms with Gasteiger partial charge in [0.15, 0.2) is 0 Å². The van der Waals surface area contributed by atoms with Crippen molar-refractivity contribution in [3.8, 4) is 0 Å². The first kappa shape index (κ1) is 20.0. The van der Waals surface area contributed by atoms with E-state index in [4.69, 9.17) is 10.5 Å². The maximum absolute atomic E-state index is 12.8. The molecule has 138 valence electrons. The van der Waals surface area contributed by atoms with Crippen molar-refractivity contribution in [3.05, 3.63) is 46.4 Å². The van der Waals surface area contributed by atoms with Crippen molar-refractivity contribution in [2.75, 3.05) is 26.2 Å². The minimum atomic E-state index is 0. The number of carbonyl (C=O) groups is 1. The number of hydrogen-bond acceptors (Lipinski definition) is 4. The van der Waals surface area contributed by atoms with Gasteiger partial charge in [0.2, 0.25) is 0 Å². The number of thiophene rings is 1. The van der Waals surface area contributed by atoms with Crippen LogP contribution in [0.2, 0.25) is 0 Å². The van der Waals surface area contributed by atoms with Gasteiger partial charge < -0.3 is 19.9 Å². The Bertz CT molecular complexity index is 637.